The molecular formula is C8H14N2. The van der Waals surface area contributed by atoms with E-state index in [9.17, 15) is 0 Å². The molecule has 2 aliphatic heterocycles. The molecule has 3 atom stereocenters. The quantitative estimate of drug-likeness (QED) is 0.486. The van der Waals surface area contributed by atoms with Gasteiger partial charge in [-0.2, -0.15) is 0 Å². The molecule has 3 unspecified atom stereocenters. The minimum atomic E-state index is 0.610. The van der Waals surface area contributed by atoms with Gasteiger partial charge in [0.15, 0.2) is 0 Å². The minimum absolute atomic E-state index is 0.610. The fourth-order valence-corrected chi connectivity index (χ4v) is 1.89. The molecule has 2 heteroatoms. The third-order valence-corrected chi connectivity index (χ3v) is 2.73. The van der Waals surface area contributed by atoms with Crippen molar-refractivity contribution in [2.24, 2.45) is 4.99 Å². The molecule has 1 saturated heterocycles. The Morgan fingerprint density at radius 3 is 3.20 bits per heavy atom. The fraction of sp³-hybridized carbons (Fsp3) is 0.875. The SMILES string of the molecule is CC1=NC2CCN(C2)C1C. The van der Waals surface area contributed by atoms with Gasteiger partial charge < -0.3 is 0 Å². The summed E-state index contributed by atoms with van der Waals surface area (Å²) in [5, 5.41) is 0. The van der Waals surface area contributed by atoms with E-state index >= 15 is 0 Å². The predicted molar refractivity (Wildman–Crippen MR) is 42.5 cm³/mol. The molecule has 0 aromatic heterocycles. The molecule has 2 rings (SSSR count). The van der Waals surface area contributed by atoms with E-state index in [1.54, 1.807) is 0 Å². The monoisotopic (exact) mass is 138 g/mol. The fourth-order valence-electron chi connectivity index (χ4n) is 1.89. The van der Waals surface area contributed by atoms with Crippen molar-refractivity contribution in [1.29, 1.82) is 0 Å². The number of hydrogen-bond acceptors (Lipinski definition) is 2. The first-order valence-corrected chi connectivity index (χ1v) is 4.05. The molecular weight excluding hydrogens is 124 g/mol. The molecule has 0 aromatic rings. The lowest BCUT2D eigenvalue weighted by Gasteiger charge is -2.27. The molecule has 0 aromatic carbocycles. The van der Waals surface area contributed by atoms with E-state index in [0.717, 1.165) is 0 Å². The lowest BCUT2D eigenvalue weighted by atomic mass is 10.1. The summed E-state index contributed by atoms with van der Waals surface area (Å²) in [5.41, 5.74) is 1.33. The molecule has 0 radical (unpaired) electrons. The Morgan fingerprint density at radius 1 is 1.60 bits per heavy atom. The van der Waals surface area contributed by atoms with Gasteiger partial charge in [-0.25, -0.2) is 0 Å². The summed E-state index contributed by atoms with van der Waals surface area (Å²) in [4.78, 5) is 7.12. The van der Waals surface area contributed by atoms with Crippen molar-refractivity contribution in [1.82, 2.24) is 4.90 Å². The smallest absolute Gasteiger partial charge is 0.0638 e. The van der Waals surface area contributed by atoms with Crippen molar-refractivity contribution in [2.45, 2.75) is 32.4 Å². The Balaban J connectivity index is 2.25. The van der Waals surface area contributed by atoms with Crippen LogP contribution in [0.15, 0.2) is 4.99 Å². The van der Waals surface area contributed by atoms with E-state index in [4.69, 9.17) is 0 Å². The lowest BCUT2D eigenvalue weighted by molar-refractivity contribution is 0.300. The standard InChI is InChI=1S/C8H14N2/c1-6-7(2)10-4-3-8(5-10)9-6/h7-8H,3-5H2,1-2H3. The topological polar surface area (TPSA) is 15.6 Å². The van der Waals surface area contributed by atoms with Crippen LogP contribution in [-0.4, -0.2) is 35.8 Å². The van der Waals surface area contributed by atoms with Gasteiger partial charge in [0.05, 0.1) is 6.04 Å². The van der Waals surface area contributed by atoms with Gasteiger partial charge in [-0.15, -0.1) is 0 Å². The summed E-state index contributed by atoms with van der Waals surface area (Å²) >= 11 is 0. The molecule has 56 valence electrons. The highest BCUT2D eigenvalue weighted by Gasteiger charge is 2.31. The Bertz CT molecular complexity index is 174. The maximum absolute atomic E-state index is 4.60. The first-order valence-electron chi connectivity index (χ1n) is 4.05. The Hall–Kier alpha value is -0.370. The Kier molecular flexibility index (Phi) is 1.31. The zero-order chi connectivity index (χ0) is 7.14. The molecule has 2 heterocycles. The number of rotatable bonds is 0. The highest BCUT2D eigenvalue weighted by molar-refractivity contribution is 5.87. The van der Waals surface area contributed by atoms with E-state index in [1.165, 1.54) is 25.2 Å². The van der Waals surface area contributed by atoms with Crippen molar-refractivity contribution < 1.29 is 0 Å². The Morgan fingerprint density at radius 2 is 2.40 bits per heavy atom. The van der Waals surface area contributed by atoms with Crippen LogP contribution in [0.3, 0.4) is 0 Å². The second-order valence-corrected chi connectivity index (χ2v) is 3.38. The largest absolute Gasteiger partial charge is 0.293 e. The molecule has 2 nitrogen and oxygen atoms in total. The van der Waals surface area contributed by atoms with Crippen LogP contribution in [0.2, 0.25) is 0 Å². The summed E-state index contributed by atoms with van der Waals surface area (Å²) in [6, 6.07) is 1.25. The van der Waals surface area contributed by atoms with Gasteiger partial charge >= 0.3 is 0 Å². The first kappa shape index (κ1) is 6.35. The van der Waals surface area contributed by atoms with Crippen LogP contribution in [0.25, 0.3) is 0 Å². The number of aliphatic imine (C=N–C) groups is 1. The normalized spacial score (nSPS) is 45.4. The van der Waals surface area contributed by atoms with E-state index in [1.807, 2.05) is 0 Å². The van der Waals surface area contributed by atoms with Crippen molar-refractivity contribution in [3.05, 3.63) is 0 Å². The van der Waals surface area contributed by atoms with Crippen LogP contribution < -0.4 is 0 Å². The zero-order valence-corrected chi connectivity index (χ0v) is 6.67. The van der Waals surface area contributed by atoms with Gasteiger partial charge in [-0.1, -0.05) is 0 Å². The van der Waals surface area contributed by atoms with Crippen LogP contribution in [0.5, 0.6) is 0 Å². The predicted octanol–water partition coefficient (Wildman–Crippen LogP) is 0.924. The lowest BCUT2D eigenvalue weighted by Crippen LogP contribution is -2.40. The Labute approximate surface area is 61.9 Å². The second kappa shape index (κ2) is 2.06. The maximum Gasteiger partial charge on any atom is 0.0638 e. The van der Waals surface area contributed by atoms with Crippen LogP contribution in [0, 0.1) is 0 Å². The number of nitrogens with zero attached hydrogens (tertiary/aromatic N) is 2. The molecule has 1 fully saturated rings. The molecule has 10 heavy (non-hydrogen) atoms. The van der Waals surface area contributed by atoms with Gasteiger partial charge in [0, 0.05) is 24.8 Å². The summed E-state index contributed by atoms with van der Waals surface area (Å²) in [5.74, 6) is 0. The van der Waals surface area contributed by atoms with Crippen molar-refractivity contribution in [3.63, 3.8) is 0 Å². The van der Waals surface area contributed by atoms with Gasteiger partial charge in [-0.05, 0) is 20.3 Å². The zero-order valence-electron chi connectivity index (χ0n) is 6.67. The summed E-state index contributed by atoms with van der Waals surface area (Å²) in [6.07, 6.45) is 1.28. The third-order valence-electron chi connectivity index (χ3n) is 2.73. The first-order chi connectivity index (χ1) is 4.77. The van der Waals surface area contributed by atoms with Crippen LogP contribution in [0.1, 0.15) is 20.3 Å². The van der Waals surface area contributed by atoms with Crippen molar-refractivity contribution >= 4 is 5.71 Å². The van der Waals surface area contributed by atoms with E-state index in [2.05, 4.69) is 23.7 Å². The van der Waals surface area contributed by atoms with E-state index in [0.29, 0.717) is 12.1 Å². The summed E-state index contributed by atoms with van der Waals surface area (Å²) in [6.45, 7) is 6.86. The maximum atomic E-state index is 4.60. The highest BCUT2D eigenvalue weighted by Crippen LogP contribution is 2.21. The molecule has 0 N–H and O–H groups in total. The van der Waals surface area contributed by atoms with Crippen LogP contribution in [-0.2, 0) is 0 Å². The van der Waals surface area contributed by atoms with Crippen LogP contribution in [0.4, 0.5) is 0 Å². The van der Waals surface area contributed by atoms with Crippen molar-refractivity contribution in [2.75, 3.05) is 13.1 Å². The summed E-state index contributed by atoms with van der Waals surface area (Å²) in [7, 11) is 0. The summed E-state index contributed by atoms with van der Waals surface area (Å²) < 4.78 is 0. The van der Waals surface area contributed by atoms with Gasteiger partial charge in [-0.3, -0.25) is 9.89 Å². The van der Waals surface area contributed by atoms with E-state index < -0.39 is 0 Å². The molecule has 0 spiro atoms. The van der Waals surface area contributed by atoms with Crippen LogP contribution >= 0.6 is 0 Å². The molecule has 0 saturated carbocycles. The number of hydrogen-bond donors (Lipinski definition) is 0. The van der Waals surface area contributed by atoms with Crippen molar-refractivity contribution in [3.8, 4) is 0 Å². The molecule has 0 amide bonds. The average molecular weight is 138 g/mol. The average Bonchev–Trinajstić information content (AvgIpc) is 2.29. The molecule has 2 aliphatic rings. The van der Waals surface area contributed by atoms with Gasteiger partial charge in [0.1, 0.15) is 0 Å². The third kappa shape index (κ3) is 0.788. The van der Waals surface area contributed by atoms with Gasteiger partial charge in [0.25, 0.3) is 0 Å². The highest BCUT2D eigenvalue weighted by atomic mass is 15.2. The van der Waals surface area contributed by atoms with Gasteiger partial charge in [0.2, 0.25) is 0 Å². The number of fused-ring (bicyclic) bond motifs is 2. The minimum Gasteiger partial charge on any atom is -0.293 e. The molecule has 0 aliphatic carbocycles. The van der Waals surface area contributed by atoms with E-state index in [-0.39, 0.29) is 0 Å². The molecule has 2 bridgehead atoms. The second-order valence-electron chi connectivity index (χ2n) is 3.38.